The fraction of sp³-hybridized carbons (Fsp3) is 0.214. The van der Waals surface area contributed by atoms with E-state index in [1.165, 1.54) is 35.9 Å². The number of hydrogen-bond donors (Lipinski definition) is 1. The molecule has 1 amide bonds. The van der Waals surface area contributed by atoms with E-state index in [0.717, 1.165) is 19.3 Å². The number of rotatable bonds is 9. The third kappa shape index (κ3) is 7.79. The second kappa shape index (κ2) is 11.3. The second-order valence-electron chi connectivity index (χ2n) is 8.55. The Bertz CT molecular complexity index is 1090. The monoisotopic (exact) mass is 446 g/mol. The van der Waals surface area contributed by atoms with Crippen LogP contribution in [0.5, 0.6) is 0 Å². The van der Waals surface area contributed by atoms with E-state index in [1.807, 2.05) is 32.2 Å². The van der Waals surface area contributed by atoms with Gasteiger partial charge in [-0.2, -0.15) is 0 Å². The molecule has 0 aliphatic heterocycles. The number of amides is 1. The Morgan fingerprint density at radius 2 is 1.67 bits per heavy atom. The molecule has 3 rings (SSSR count). The van der Waals surface area contributed by atoms with Crippen LogP contribution < -0.4 is 5.32 Å². The molecule has 0 fully saturated rings. The van der Waals surface area contributed by atoms with Gasteiger partial charge in [0.2, 0.25) is 5.91 Å². The van der Waals surface area contributed by atoms with Crippen molar-refractivity contribution in [3.05, 3.63) is 120 Å². The van der Waals surface area contributed by atoms with Gasteiger partial charge >= 0.3 is 0 Å². The fourth-order valence-corrected chi connectivity index (χ4v) is 3.62. The Labute approximate surface area is 193 Å². The molecule has 0 unspecified atom stereocenters. The lowest BCUT2D eigenvalue weighted by molar-refractivity contribution is -0.118. The summed E-state index contributed by atoms with van der Waals surface area (Å²) in [4.78, 5) is 16.6. The van der Waals surface area contributed by atoms with Gasteiger partial charge in [-0.25, -0.2) is 8.78 Å². The van der Waals surface area contributed by atoms with Gasteiger partial charge in [-0.05, 0) is 85.7 Å². The van der Waals surface area contributed by atoms with E-state index in [2.05, 4.69) is 10.3 Å². The number of aromatic nitrogens is 1. The molecule has 0 aliphatic rings. The van der Waals surface area contributed by atoms with Crippen LogP contribution in [0.15, 0.2) is 91.3 Å². The number of benzene rings is 2. The predicted molar refractivity (Wildman–Crippen MR) is 128 cm³/mol. The molecule has 170 valence electrons. The Morgan fingerprint density at radius 1 is 1.00 bits per heavy atom. The number of aryl methyl sites for hydroxylation is 1. The average molecular weight is 447 g/mol. The van der Waals surface area contributed by atoms with Crippen molar-refractivity contribution >= 4 is 11.5 Å². The van der Waals surface area contributed by atoms with Crippen LogP contribution in [-0.2, 0) is 11.2 Å². The van der Waals surface area contributed by atoms with Gasteiger partial charge in [-0.15, -0.1) is 0 Å². The number of nitrogens with zero attached hydrogens (tertiary/aromatic N) is 1. The van der Waals surface area contributed by atoms with E-state index in [9.17, 15) is 13.6 Å². The van der Waals surface area contributed by atoms with Crippen LogP contribution >= 0.6 is 0 Å². The number of hydrogen-bond acceptors (Lipinski definition) is 2. The van der Waals surface area contributed by atoms with E-state index >= 15 is 0 Å². The maximum absolute atomic E-state index is 13.8. The van der Waals surface area contributed by atoms with Crippen LogP contribution in [0.3, 0.4) is 0 Å². The largest absolute Gasteiger partial charge is 0.348 e. The molecule has 0 aliphatic carbocycles. The number of allylic oxidation sites excluding steroid dienone is 2. The van der Waals surface area contributed by atoms with Gasteiger partial charge in [0.15, 0.2) is 0 Å². The standard InChI is InChI=1S/C28H28F2N2O/c1-28(2,16-6-8-21-9-7-17-31-20-21)32-27(33)15-5-14-26(22-10-3-12-24(29)18-22)23-11-4-13-25(30)19-23/h3-5,7,9-15,17-20H,6,8,16H2,1-2H3,(H,32,33). The highest BCUT2D eigenvalue weighted by Gasteiger charge is 2.18. The fourth-order valence-electron chi connectivity index (χ4n) is 3.62. The van der Waals surface area contributed by atoms with Crippen LogP contribution in [0, 0.1) is 11.6 Å². The first-order chi connectivity index (χ1) is 15.8. The van der Waals surface area contributed by atoms with Crippen LogP contribution in [0.2, 0.25) is 0 Å². The van der Waals surface area contributed by atoms with Crippen LogP contribution in [0.1, 0.15) is 43.4 Å². The zero-order valence-corrected chi connectivity index (χ0v) is 18.9. The molecule has 33 heavy (non-hydrogen) atoms. The molecule has 0 atom stereocenters. The molecular formula is C28H28F2N2O. The Balaban J connectivity index is 1.67. The molecule has 2 aromatic carbocycles. The first-order valence-corrected chi connectivity index (χ1v) is 10.9. The lowest BCUT2D eigenvalue weighted by atomic mass is 9.95. The summed E-state index contributed by atoms with van der Waals surface area (Å²) >= 11 is 0. The molecular weight excluding hydrogens is 418 g/mol. The highest BCUT2D eigenvalue weighted by molar-refractivity contribution is 5.89. The normalized spacial score (nSPS) is 11.4. The van der Waals surface area contributed by atoms with Crippen LogP contribution in [0.4, 0.5) is 8.78 Å². The first kappa shape index (κ1) is 24.1. The Hall–Kier alpha value is -3.60. The quantitative estimate of drug-likeness (QED) is 0.311. The van der Waals surface area contributed by atoms with Crippen molar-refractivity contribution in [2.24, 2.45) is 0 Å². The summed E-state index contributed by atoms with van der Waals surface area (Å²) in [5, 5.41) is 3.02. The van der Waals surface area contributed by atoms with Crippen molar-refractivity contribution < 1.29 is 13.6 Å². The zero-order valence-electron chi connectivity index (χ0n) is 18.9. The molecule has 1 aromatic heterocycles. The third-order valence-corrected chi connectivity index (χ3v) is 5.23. The summed E-state index contributed by atoms with van der Waals surface area (Å²) in [5.74, 6) is -0.996. The average Bonchev–Trinajstić information content (AvgIpc) is 2.77. The van der Waals surface area contributed by atoms with Gasteiger partial charge in [-0.1, -0.05) is 42.5 Å². The van der Waals surface area contributed by atoms with Gasteiger partial charge in [-0.3, -0.25) is 9.78 Å². The minimum absolute atomic E-state index is 0.226. The van der Waals surface area contributed by atoms with Crippen molar-refractivity contribution in [3.63, 3.8) is 0 Å². The minimum Gasteiger partial charge on any atom is -0.348 e. The number of carbonyl (C=O) groups excluding carboxylic acids is 1. The number of pyridine rings is 1. The van der Waals surface area contributed by atoms with E-state index in [4.69, 9.17) is 0 Å². The molecule has 1 heterocycles. The summed E-state index contributed by atoms with van der Waals surface area (Å²) in [6, 6.07) is 16.1. The SMILES string of the molecule is CC(C)(CCCc1cccnc1)NC(=O)C=CC=C(c1cccc(F)c1)c1cccc(F)c1. The van der Waals surface area contributed by atoms with Gasteiger partial charge < -0.3 is 5.32 Å². The molecule has 3 aromatic rings. The van der Waals surface area contributed by atoms with Crippen molar-refractivity contribution in [1.29, 1.82) is 0 Å². The maximum Gasteiger partial charge on any atom is 0.244 e. The predicted octanol–water partition coefficient (Wildman–Crippen LogP) is 6.27. The van der Waals surface area contributed by atoms with Gasteiger partial charge in [0, 0.05) is 24.0 Å². The second-order valence-corrected chi connectivity index (χ2v) is 8.55. The molecule has 0 saturated heterocycles. The summed E-state index contributed by atoms with van der Waals surface area (Å²) in [6.07, 6.45) is 11.0. The van der Waals surface area contributed by atoms with Crippen molar-refractivity contribution in [1.82, 2.24) is 10.3 Å². The lowest BCUT2D eigenvalue weighted by Gasteiger charge is -2.25. The molecule has 0 radical (unpaired) electrons. The minimum atomic E-state index is -0.385. The summed E-state index contributed by atoms with van der Waals surface area (Å²) < 4.78 is 27.6. The zero-order chi connectivity index (χ0) is 23.7. The number of halogens is 2. The highest BCUT2D eigenvalue weighted by Crippen LogP contribution is 2.25. The van der Waals surface area contributed by atoms with Crippen molar-refractivity contribution in [2.75, 3.05) is 0 Å². The van der Waals surface area contributed by atoms with E-state index in [-0.39, 0.29) is 23.1 Å². The highest BCUT2D eigenvalue weighted by atomic mass is 19.1. The van der Waals surface area contributed by atoms with Crippen LogP contribution in [-0.4, -0.2) is 16.4 Å². The summed E-state index contributed by atoms with van der Waals surface area (Å²) in [5.41, 5.74) is 2.62. The first-order valence-electron chi connectivity index (χ1n) is 10.9. The number of carbonyl (C=O) groups is 1. The lowest BCUT2D eigenvalue weighted by Crippen LogP contribution is -2.42. The molecule has 1 N–H and O–H groups in total. The van der Waals surface area contributed by atoms with Gasteiger partial charge in [0.25, 0.3) is 0 Å². The molecule has 5 heteroatoms. The molecule has 0 saturated carbocycles. The summed E-state index contributed by atoms with van der Waals surface area (Å²) in [6.45, 7) is 3.98. The van der Waals surface area contributed by atoms with Crippen molar-refractivity contribution in [3.8, 4) is 0 Å². The smallest absolute Gasteiger partial charge is 0.244 e. The Morgan fingerprint density at radius 3 is 2.24 bits per heavy atom. The Kier molecular flexibility index (Phi) is 8.25. The topological polar surface area (TPSA) is 42.0 Å². The van der Waals surface area contributed by atoms with Gasteiger partial charge in [0.05, 0.1) is 0 Å². The summed E-state index contributed by atoms with van der Waals surface area (Å²) in [7, 11) is 0. The molecule has 3 nitrogen and oxygen atoms in total. The van der Waals surface area contributed by atoms with E-state index < -0.39 is 0 Å². The van der Waals surface area contributed by atoms with E-state index in [0.29, 0.717) is 16.7 Å². The third-order valence-electron chi connectivity index (χ3n) is 5.23. The molecule has 0 bridgehead atoms. The van der Waals surface area contributed by atoms with Crippen LogP contribution in [0.25, 0.3) is 5.57 Å². The van der Waals surface area contributed by atoms with E-state index in [1.54, 1.807) is 42.6 Å². The maximum atomic E-state index is 13.8. The van der Waals surface area contributed by atoms with Gasteiger partial charge in [0.1, 0.15) is 11.6 Å². The number of nitrogens with one attached hydrogen (secondary N) is 1. The van der Waals surface area contributed by atoms with Crippen molar-refractivity contribution in [2.45, 2.75) is 38.6 Å². The molecule has 0 spiro atoms.